The van der Waals surface area contributed by atoms with E-state index in [0.29, 0.717) is 18.8 Å². The van der Waals surface area contributed by atoms with Crippen molar-refractivity contribution in [3.8, 4) is 0 Å². The SMILES string of the molecule is CN1C(=O)[C@H](NC(=O)CCC2CCCCC2)C[C@@H](c2ccccc2)c2ccccc21. The predicted molar refractivity (Wildman–Crippen MR) is 120 cm³/mol. The minimum absolute atomic E-state index is 0.00471. The molecule has 2 aromatic rings. The van der Waals surface area contributed by atoms with Crippen LogP contribution in [-0.4, -0.2) is 24.9 Å². The second-order valence-corrected chi connectivity index (χ2v) is 8.82. The summed E-state index contributed by atoms with van der Waals surface area (Å²) in [7, 11) is 1.82. The van der Waals surface area contributed by atoms with E-state index in [9.17, 15) is 9.59 Å². The Bertz CT molecular complexity index is 874. The fourth-order valence-corrected chi connectivity index (χ4v) is 5.10. The molecule has 0 saturated heterocycles. The number of likely N-dealkylation sites (N-methyl/N-ethyl adjacent to an activating group) is 1. The van der Waals surface area contributed by atoms with Gasteiger partial charge in [-0.05, 0) is 36.0 Å². The summed E-state index contributed by atoms with van der Waals surface area (Å²) < 4.78 is 0. The minimum atomic E-state index is -0.508. The molecule has 0 bridgehead atoms. The number of anilines is 1. The summed E-state index contributed by atoms with van der Waals surface area (Å²) in [6.07, 6.45) is 8.41. The van der Waals surface area contributed by atoms with Crippen molar-refractivity contribution in [1.29, 1.82) is 0 Å². The van der Waals surface area contributed by atoms with E-state index in [1.165, 1.54) is 37.7 Å². The molecule has 4 nitrogen and oxygen atoms in total. The molecule has 2 aliphatic rings. The van der Waals surface area contributed by atoms with Crippen LogP contribution < -0.4 is 10.2 Å². The van der Waals surface area contributed by atoms with Crippen LogP contribution in [0.1, 0.15) is 68.4 Å². The first kappa shape index (κ1) is 20.6. The van der Waals surface area contributed by atoms with Crippen molar-refractivity contribution in [1.82, 2.24) is 5.32 Å². The van der Waals surface area contributed by atoms with Crippen LogP contribution in [-0.2, 0) is 9.59 Å². The van der Waals surface area contributed by atoms with Crippen LogP contribution in [0.4, 0.5) is 5.69 Å². The van der Waals surface area contributed by atoms with E-state index < -0.39 is 6.04 Å². The van der Waals surface area contributed by atoms with E-state index in [4.69, 9.17) is 0 Å². The van der Waals surface area contributed by atoms with Gasteiger partial charge in [0.15, 0.2) is 0 Å². The van der Waals surface area contributed by atoms with Gasteiger partial charge < -0.3 is 10.2 Å². The quantitative estimate of drug-likeness (QED) is 0.760. The van der Waals surface area contributed by atoms with Crippen LogP contribution in [0.2, 0.25) is 0 Å². The number of para-hydroxylation sites is 1. The van der Waals surface area contributed by atoms with Crippen LogP contribution in [0.5, 0.6) is 0 Å². The maximum atomic E-state index is 13.2. The summed E-state index contributed by atoms with van der Waals surface area (Å²) in [5.74, 6) is 0.704. The average molecular weight is 405 g/mol. The highest BCUT2D eigenvalue weighted by Crippen LogP contribution is 2.38. The lowest BCUT2D eigenvalue weighted by molar-refractivity contribution is -0.127. The molecule has 2 amide bonds. The fraction of sp³-hybridized carbons (Fsp3) is 0.462. The standard InChI is InChI=1S/C26H32N2O2/c1-28-24-15-9-8-14-21(24)22(20-12-6-3-7-13-20)18-23(26(28)30)27-25(29)17-16-19-10-4-2-5-11-19/h3,6-9,12-15,19,22-23H,2,4-5,10-11,16-18H2,1H3,(H,27,29)/t22-,23+/m0/s1. The molecule has 30 heavy (non-hydrogen) atoms. The van der Waals surface area contributed by atoms with Crippen LogP contribution in [0.3, 0.4) is 0 Å². The Morgan fingerprint density at radius 2 is 1.70 bits per heavy atom. The van der Waals surface area contributed by atoms with Gasteiger partial charge >= 0.3 is 0 Å². The van der Waals surface area contributed by atoms with Crippen molar-refractivity contribution >= 4 is 17.5 Å². The van der Waals surface area contributed by atoms with Crippen LogP contribution in [0, 0.1) is 5.92 Å². The number of carbonyl (C=O) groups is 2. The summed E-state index contributed by atoms with van der Waals surface area (Å²) in [6, 6.07) is 17.9. The fourth-order valence-electron chi connectivity index (χ4n) is 5.10. The number of fused-ring (bicyclic) bond motifs is 1. The van der Waals surface area contributed by atoms with Gasteiger partial charge in [-0.1, -0.05) is 80.6 Å². The van der Waals surface area contributed by atoms with E-state index in [1.54, 1.807) is 4.90 Å². The second-order valence-electron chi connectivity index (χ2n) is 8.82. The second kappa shape index (κ2) is 9.46. The van der Waals surface area contributed by atoms with Crippen LogP contribution >= 0.6 is 0 Å². The van der Waals surface area contributed by atoms with E-state index in [1.807, 2.05) is 43.4 Å². The van der Waals surface area contributed by atoms with Crippen LogP contribution in [0.15, 0.2) is 54.6 Å². The first-order chi connectivity index (χ1) is 14.6. The zero-order chi connectivity index (χ0) is 20.9. The molecule has 0 unspecified atom stereocenters. The van der Waals surface area contributed by atoms with Crippen molar-refractivity contribution in [3.63, 3.8) is 0 Å². The lowest BCUT2D eigenvalue weighted by Gasteiger charge is -2.24. The number of hydrogen-bond acceptors (Lipinski definition) is 2. The zero-order valence-corrected chi connectivity index (χ0v) is 17.8. The van der Waals surface area contributed by atoms with Gasteiger partial charge in [0.25, 0.3) is 0 Å². The predicted octanol–water partition coefficient (Wildman–Crippen LogP) is 5.03. The maximum absolute atomic E-state index is 13.2. The van der Waals surface area contributed by atoms with Gasteiger partial charge in [0.2, 0.25) is 11.8 Å². The molecule has 0 aromatic heterocycles. The molecule has 2 atom stereocenters. The molecule has 0 radical (unpaired) electrons. The Balaban J connectivity index is 1.52. The monoisotopic (exact) mass is 404 g/mol. The number of hydrogen-bond donors (Lipinski definition) is 1. The first-order valence-electron chi connectivity index (χ1n) is 11.3. The molecule has 1 N–H and O–H groups in total. The smallest absolute Gasteiger partial charge is 0.249 e. The van der Waals surface area contributed by atoms with E-state index in [-0.39, 0.29) is 17.7 Å². The number of rotatable bonds is 5. The number of amides is 2. The molecule has 0 spiro atoms. The first-order valence-corrected chi connectivity index (χ1v) is 11.3. The van der Waals surface area contributed by atoms with Crippen molar-refractivity contribution in [2.75, 3.05) is 11.9 Å². The molecular formula is C26H32N2O2. The Hall–Kier alpha value is -2.62. The van der Waals surface area contributed by atoms with E-state index in [0.717, 1.165) is 17.7 Å². The number of nitrogens with zero attached hydrogens (tertiary/aromatic N) is 1. The summed E-state index contributed by atoms with van der Waals surface area (Å²) >= 11 is 0. The highest BCUT2D eigenvalue weighted by atomic mass is 16.2. The third-order valence-corrected chi connectivity index (χ3v) is 6.82. The van der Waals surface area contributed by atoms with Crippen molar-refractivity contribution in [3.05, 3.63) is 65.7 Å². The zero-order valence-electron chi connectivity index (χ0n) is 17.8. The summed E-state index contributed by atoms with van der Waals surface area (Å²) in [5, 5.41) is 3.08. The topological polar surface area (TPSA) is 49.4 Å². The lowest BCUT2D eigenvalue weighted by Crippen LogP contribution is -2.47. The third kappa shape index (κ3) is 4.58. The third-order valence-electron chi connectivity index (χ3n) is 6.82. The summed E-state index contributed by atoms with van der Waals surface area (Å²) in [6.45, 7) is 0. The molecular weight excluding hydrogens is 372 g/mol. The van der Waals surface area contributed by atoms with Crippen LogP contribution in [0.25, 0.3) is 0 Å². The average Bonchev–Trinajstić information content (AvgIpc) is 2.90. The molecule has 4 heteroatoms. The molecule has 1 aliphatic heterocycles. The molecule has 4 rings (SSSR count). The van der Waals surface area contributed by atoms with Gasteiger partial charge in [0, 0.05) is 25.1 Å². The Morgan fingerprint density at radius 3 is 2.47 bits per heavy atom. The van der Waals surface area contributed by atoms with E-state index >= 15 is 0 Å². The van der Waals surface area contributed by atoms with Gasteiger partial charge in [0.05, 0.1) is 0 Å². The van der Waals surface area contributed by atoms with Gasteiger partial charge in [0.1, 0.15) is 6.04 Å². The minimum Gasteiger partial charge on any atom is -0.344 e. The highest BCUT2D eigenvalue weighted by molar-refractivity contribution is 6.00. The summed E-state index contributed by atoms with van der Waals surface area (Å²) in [4.78, 5) is 27.7. The Morgan fingerprint density at radius 1 is 1.00 bits per heavy atom. The van der Waals surface area contributed by atoms with E-state index in [2.05, 4.69) is 23.5 Å². The Labute approximate surface area is 179 Å². The number of carbonyl (C=O) groups excluding carboxylic acids is 2. The lowest BCUT2D eigenvalue weighted by atomic mass is 9.85. The highest BCUT2D eigenvalue weighted by Gasteiger charge is 2.34. The molecule has 1 fully saturated rings. The number of nitrogens with one attached hydrogen (secondary N) is 1. The molecule has 158 valence electrons. The molecule has 1 aliphatic carbocycles. The normalized spacial score (nSPS) is 22.3. The molecule has 1 heterocycles. The van der Waals surface area contributed by atoms with Gasteiger partial charge in [-0.3, -0.25) is 9.59 Å². The van der Waals surface area contributed by atoms with Crippen molar-refractivity contribution in [2.24, 2.45) is 5.92 Å². The number of benzene rings is 2. The molecule has 2 aromatic carbocycles. The van der Waals surface area contributed by atoms with Crippen molar-refractivity contribution < 1.29 is 9.59 Å². The summed E-state index contributed by atoms with van der Waals surface area (Å²) in [5.41, 5.74) is 3.24. The van der Waals surface area contributed by atoms with Gasteiger partial charge in [-0.2, -0.15) is 0 Å². The van der Waals surface area contributed by atoms with Crippen molar-refractivity contribution in [2.45, 2.75) is 63.3 Å². The maximum Gasteiger partial charge on any atom is 0.249 e. The van der Waals surface area contributed by atoms with Gasteiger partial charge in [-0.25, -0.2) is 0 Å². The Kier molecular flexibility index (Phi) is 6.51. The molecule has 1 saturated carbocycles. The largest absolute Gasteiger partial charge is 0.344 e. The van der Waals surface area contributed by atoms with Gasteiger partial charge in [-0.15, -0.1) is 0 Å².